The van der Waals surface area contributed by atoms with Crippen LogP contribution in [-0.2, 0) is 24.0 Å². The lowest BCUT2D eigenvalue weighted by Gasteiger charge is -2.23. The summed E-state index contributed by atoms with van der Waals surface area (Å²) < 4.78 is 0. The zero-order valence-corrected chi connectivity index (χ0v) is 20.0. The van der Waals surface area contributed by atoms with Crippen molar-refractivity contribution in [3.8, 4) is 0 Å². The summed E-state index contributed by atoms with van der Waals surface area (Å²) in [7, 11) is 0. The molecule has 15 heteroatoms. The van der Waals surface area contributed by atoms with Gasteiger partial charge in [-0.1, -0.05) is 6.42 Å². The van der Waals surface area contributed by atoms with Gasteiger partial charge >= 0.3 is 5.97 Å². The van der Waals surface area contributed by atoms with Crippen molar-refractivity contribution in [3.63, 3.8) is 0 Å². The zero-order valence-electron chi connectivity index (χ0n) is 20.0. The highest BCUT2D eigenvalue weighted by atomic mass is 16.4. The molecule has 4 atom stereocenters. The quantitative estimate of drug-likeness (QED) is 0.0503. The molecule has 4 amide bonds. The molecular weight excluding hydrogens is 462 g/mol. The van der Waals surface area contributed by atoms with Gasteiger partial charge in [-0.05, 0) is 45.6 Å². The Balaban J connectivity index is 5.11. The van der Waals surface area contributed by atoms with Crippen LogP contribution in [0.2, 0.25) is 0 Å². The number of nitrogens with one attached hydrogen (secondary N) is 3. The Kier molecular flexibility index (Phi) is 15.4. The van der Waals surface area contributed by atoms with Crippen molar-refractivity contribution >= 4 is 35.6 Å². The molecule has 0 aromatic rings. The van der Waals surface area contributed by atoms with Crippen LogP contribution in [-0.4, -0.2) is 77.9 Å². The van der Waals surface area contributed by atoms with E-state index >= 15 is 0 Å². The minimum absolute atomic E-state index is 0.0167. The SMILES string of the molecule is C[C@H](NC(=O)[C@@H](N)CCCCN)C(=O)N[C@@H](CCC(N)=O)C(=O)N[C@@H](CCCN=C(N)N)C(=O)O. The molecule has 0 radical (unpaired) electrons. The predicted molar refractivity (Wildman–Crippen MR) is 128 cm³/mol. The maximum absolute atomic E-state index is 12.7. The molecule has 0 aliphatic rings. The number of nitrogens with two attached hydrogens (primary N) is 5. The molecule has 200 valence electrons. The summed E-state index contributed by atoms with van der Waals surface area (Å²) in [4.78, 5) is 64.0. The number of rotatable bonds is 18. The molecule has 0 spiro atoms. The molecule has 0 unspecified atom stereocenters. The normalized spacial score (nSPS) is 14.0. The molecular formula is C20H39N9O6. The standard InChI is InChI=1S/C20H39N9O6/c1-11(27-17(32)12(22)5-2-3-9-21)16(31)28-13(7-8-15(23)30)18(33)29-14(19(34)35)6-4-10-26-20(24)25/h11-14H,2-10,21-22H2,1H3,(H2,23,30)(H,27,32)(H,28,31)(H,29,33)(H,34,35)(H4,24,25,26)/t11-,12-,13-,14-/m0/s1. The van der Waals surface area contributed by atoms with Gasteiger partial charge in [-0.3, -0.25) is 24.2 Å². The van der Waals surface area contributed by atoms with Crippen molar-refractivity contribution in [2.24, 2.45) is 33.7 Å². The molecule has 0 saturated heterocycles. The van der Waals surface area contributed by atoms with Crippen molar-refractivity contribution in [1.29, 1.82) is 0 Å². The van der Waals surface area contributed by atoms with E-state index in [0.717, 1.165) is 0 Å². The van der Waals surface area contributed by atoms with Gasteiger partial charge in [-0.15, -0.1) is 0 Å². The van der Waals surface area contributed by atoms with Crippen LogP contribution in [0.3, 0.4) is 0 Å². The maximum atomic E-state index is 12.7. The minimum Gasteiger partial charge on any atom is -0.480 e. The van der Waals surface area contributed by atoms with Gasteiger partial charge in [0.15, 0.2) is 5.96 Å². The third-order valence-electron chi connectivity index (χ3n) is 4.93. The number of carboxylic acid groups (broad SMARTS) is 1. The van der Waals surface area contributed by atoms with E-state index in [2.05, 4.69) is 20.9 Å². The molecule has 0 aliphatic carbocycles. The summed E-state index contributed by atoms with van der Waals surface area (Å²) in [6, 6.07) is -4.44. The van der Waals surface area contributed by atoms with Crippen molar-refractivity contribution in [1.82, 2.24) is 16.0 Å². The molecule has 0 aromatic heterocycles. The third-order valence-corrected chi connectivity index (χ3v) is 4.93. The first kappa shape index (κ1) is 31.5. The average molecular weight is 502 g/mol. The molecule has 0 saturated carbocycles. The Hall–Kier alpha value is -3.46. The van der Waals surface area contributed by atoms with Crippen LogP contribution in [0.1, 0.15) is 51.9 Å². The Bertz CT molecular complexity index is 757. The van der Waals surface area contributed by atoms with Gasteiger partial charge in [-0.25, -0.2) is 4.79 Å². The lowest BCUT2D eigenvalue weighted by atomic mass is 10.1. The fraction of sp³-hybridized carbons (Fsp3) is 0.700. The van der Waals surface area contributed by atoms with Crippen LogP contribution in [0.25, 0.3) is 0 Å². The third kappa shape index (κ3) is 14.4. The Morgan fingerprint density at radius 2 is 1.46 bits per heavy atom. The first-order valence-electron chi connectivity index (χ1n) is 11.3. The summed E-state index contributed by atoms with van der Waals surface area (Å²) in [6.07, 6.45) is 1.61. The van der Waals surface area contributed by atoms with Crippen LogP contribution >= 0.6 is 0 Å². The van der Waals surface area contributed by atoms with E-state index in [4.69, 9.17) is 28.7 Å². The van der Waals surface area contributed by atoms with Crippen LogP contribution in [0.15, 0.2) is 4.99 Å². The number of nitrogens with zero attached hydrogens (tertiary/aromatic N) is 1. The highest BCUT2D eigenvalue weighted by Crippen LogP contribution is 2.04. The number of primary amides is 1. The second-order valence-corrected chi connectivity index (χ2v) is 8.04. The van der Waals surface area contributed by atoms with Gasteiger partial charge in [-0.2, -0.15) is 0 Å². The molecule has 0 bridgehead atoms. The Labute approximate surface area is 204 Å². The molecule has 0 aromatic carbocycles. The van der Waals surface area contributed by atoms with E-state index in [1.54, 1.807) is 0 Å². The van der Waals surface area contributed by atoms with Crippen LogP contribution < -0.4 is 44.6 Å². The van der Waals surface area contributed by atoms with E-state index in [1.165, 1.54) is 6.92 Å². The lowest BCUT2D eigenvalue weighted by molar-refractivity contribution is -0.142. The highest BCUT2D eigenvalue weighted by Gasteiger charge is 2.28. The van der Waals surface area contributed by atoms with Gasteiger partial charge < -0.3 is 49.7 Å². The van der Waals surface area contributed by atoms with Gasteiger partial charge in [0.2, 0.25) is 23.6 Å². The van der Waals surface area contributed by atoms with E-state index < -0.39 is 53.8 Å². The van der Waals surface area contributed by atoms with E-state index in [9.17, 15) is 29.1 Å². The summed E-state index contributed by atoms with van der Waals surface area (Å²) in [5.74, 6) is -4.26. The number of aliphatic carboxylic acids is 1. The number of unbranched alkanes of at least 4 members (excludes halogenated alkanes) is 1. The van der Waals surface area contributed by atoms with Gasteiger partial charge in [0.1, 0.15) is 18.1 Å². The summed E-state index contributed by atoms with van der Waals surface area (Å²) in [5.41, 5.74) is 26.8. The Morgan fingerprint density at radius 1 is 0.829 bits per heavy atom. The molecule has 0 rings (SSSR count). The van der Waals surface area contributed by atoms with Crippen LogP contribution in [0, 0.1) is 0 Å². The van der Waals surface area contributed by atoms with Gasteiger partial charge in [0, 0.05) is 13.0 Å². The zero-order chi connectivity index (χ0) is 27.0. The largest absolute Gasteiger partial charge is 0.480 e. The number of hydrogen-bond acceptors (Lipinski definition) is 8. The number of amides is 4. The predicted octanol–water partition coefficient (Wildman–Crippen LogP) is -3.68. The van der Waals surface area contributed by atoms with E-state index in [1.807, 2.05) is 0 Å². The number of guanidine groups is 1. The molecule has 35 heavy (non-hydrogen) atoms. The van der Waals surface area contributed by atoms with Crippen molar-refractivity contribution < 1.29 is 29.1 Å². The molecule has 0 heterocycles. The first-order chi connectivity index (χ1) is 16.4. The summed E-state index contributed by atoms with van der Waals surface area (Å²) in [5, 5.41) is 16.6. The van der Waals surface area contributed by atoms with E-state index in [-0.39, 0.29) is 38.2 Å². The lowest BCUT2D eigenvalue weighted by Crippen LogP contribution is -2.56. The smallest absolute Gasteiger partial charge is 0.326 e. The number of carboxylic acids is 1. The second kappa shape index (κ2) is 17.0. The molecule has 14 N–H and O–H groups in total. The molecule has 0 fully saturated rings. The fourth-order valence-electron chi connectivity index (χ4n) is 2.91. The Morgan fingerprint density at radius 3 is 2.00 bits per heavy atom. The summed E-state index contributed by atoms with van der Waals surface area (Å²) >= 11 is 0. The second-order valence-electron chi connectivity index (χ2n) is 8.04. The number of carbonyl (C=O) groups excluding carboxylic acids is 4. The van der Waals surface area contributed by atoms with E-state index in [0.29, 0.717) is 25.8 Å². The molecule has 15 nitrogen and oxygen atoms in total. The topological polar surface area (TPSA) is 284 Å². The summed E-state index contributed by atoms with van der Waals surface area (Å²) in [6.45, 7) is 2.03. The first-order valence-corrected chi connectivity index (χ1v) is 11.3. The number of hydrogen-bond donors (Lipinski definition) is 9. The maximum Gasteiger partial charge on any atom is 0.326 e. The van der Waals surface area contributed by atoms with Crippen molar-refractivity contribution in [3.05, 3.63) is 0 Å². The van der Waals surface area contributed by atoms with Gasteiger partial charge in [0.25, 0.3) is 0 Å². The highest BCUT2D eigenvalue weighted by molar-refractivity contribution is 5.94. The van der Waals surface area contributed by atoms with Gasteiger partial charge in [0.05, 0.1) is 6.04 Å². The minimum atomic E-state index is -1.30. The number of aliphatic imine (C=N–C) groups is 1. The van der Waals surface area contributed by atoms with Crippen LogP contribution in [0.5, 0.6) is 0 Å². The molecule has 0 aliphatic heterocycles. The number of carbonyl (C=O) groups is 5. The fourth-order valence-corrected chi connectivity index (χ4v) is 2.91. The monoisotopic (exact) mass is 501 g/mol. The van der Waals surface area contributed by atoms with Crippen molar-refractivity contribution in [2.45, 2.75) is 76.0 Å². The van der Waals surface area contributed by atoms with Crippen LogP contribution in [0.4, 0.5) is 0 Å². The average Bonchev–Trinajstić information content (AvgIpc) is 2.77. The van der Waals surface area contributed by atoms with Crippen molar-refractivity contribution in [2.75, 3.05) is 13.1 Å².